The minimum absolute atomic E-state index is 0.135. The monoisotopic (exact) mass is 295 g/mol. The molecule has 0 radical (unpaired) electrons. The maximum atomic E-state index is 5.27. The van der Waals surface area contributed by atoms with Gasteiger partial charge in [-0.25, -0.2) is 4.99 Å². The Balaban J connectivity index is 2.71. The van der Waals surface area contributed by atoms with Gasteiger partial charge in [0.15, 0.2) is 11.8 Å². The lowest BCUT2D eigenvalue weighted by molar-refractivity contribution is 0.318. The number of hydrogen-bond acceptors (Lipinski definition) is 4. The Kier molecular flexibility index (Phi) is 6.18. The average Bonchev–Trinajstić information content (AvgIpc) is 2.84. The fourth-order valence-corrected chi connectivity index (χ4v) is 1.47. The first-order valence-electron chi connectivity index (χ1n) is 7.62. The zero-order valence-corrected chi connectivity index (χ0v) is 14.3. The van der Waals surface area contributed by atoms with Gasteiger partial charge in [0.2, 0.25) is 5.89 Å². The molecule has 0 aliphatic heterocycles. The highest BCUT2D eigenvalue weighted by atomic mass is 16.5. The molecule has 0 amide bonds. The minimum Gasteiger partial charge on any atom is -0.357 e. The lowest BCUT2D eigenvalue weighted by Crippen LogP contribution is -2.44. The van der Waals surface area contributed by atoms with Crippen molar-refractivity contribution in [2.45, 2.75) is 66.5 Å². The van der Waals surface area contributed by atoms with Gasteiger partial charge in [0.05, 0.1) is 0 Å². The van der Waals surface area contributed by atoms with Gasteiger partial charge in [0.1, 0.15) is 6.54 Å². The summed E-state index contributed by atoms with van der Waals surface area (Å²) in [5.74, 6) is 2.56. The van der Waals surface area contributed by atoms with Gasteiger partial charge < -0.3 is 15.2 Å². The molecule has 1 heterocycles. The maximum absolute atomic E-state index is 5.27. The summed E-state index contributed by atoms with van der Waals surface area (Å²) < 4.78 is 5.27. The van der Waals surface area contributed by atoms with Crippen molar-refractivity contribution in [3.63, 3.8) is 0 Å². The lowest BCUT2D eigenvalue weighted by Gasteiger charge is -2.20. The molecule has 6 heteroatoms. The van der Waals surface area contributed by atoms with Crippen molar-refractivity contribution in [2.24, 2.45) is 10.9 Å². The van der Waals surface area contributed by atoms with Crippen LogP contribution in [0.2, 0.25) is 0 Å². The first-order valence-corrected chi connectivity index (χ1v) is 7.62. The number of rotatable bonds is 5. The summed E-state index contributed by atoms with van der Waals surface area (Å²) in [6.07, 6.45) is 0. The van der Waals surface area contributed by atoms with Crippen LogP contribution in [0.5, 0.6) is 0 Å². The third-order valence-corrected chi connectivity index (χ3v) is 3.20. The summed E-state index contributed by atoms with van der Waals surface area (Å²) in [5.41, 5.74) is -0.135. The molecule has 2 N–H and O–H groups in total. The third kappa shape index (κ3) is 5.73. The van der Waals surface area contributed by atoms with E-state index < -0.39 is 0 Å². The molecule has 0 spiro atoms. The third-order valence-electron chi connectivity index (χ3n) is 3.20. The molecule has 21 heavy (non-hydrogen) atoms. The summed E-state index contributed by atoms with van der Waals surface area (Å²) in [4.78, 5) is 8.90. The van der Waals surface area contributed by atoms with Crippen LogP contribution in [0.15, 0.2) is 9.52 Å². The zero-order valence-electron chi connectivity index (χ0n) is 14.3. The maximum Gasteiger partial charge on any atom is 0.232 e. The Hall–Kier alpha value is -1.59. The predicted octanol–water partition coefficient (Wildman–Crippen LogP) is 2.47. The van der Waals surface area contributed by atoms with Gasteiger partial charge in [-0.1, -0.05) is 39.8 Å². The van der Waals surface area contributed by atoms with Crippen molar-refractivity contribution in [3.05, 3.63) is 11.7 Å². The topological polar surface area (TPSA) is 75.3 Å². The molecule has 1 aromatic rings. The summed E-state index contributed by atoms with van der Waals surface area (Å²) in [7, 11) is 0. The van der Waals surface area contributed by atoms with E-state index in [9.17, 15) is 0 Å². The van der Waals surface area contributed by atoms with E-state index in [1.165, 1.54) is 0 Å². The molecule has 1 rings (SSSR count). The van der Waals surface area contributed by atoms with E-state index in [4.69, 9.17) is 4.52 Å². The van der Waals surface area contributed by atoms with Crippen molar-refractivity contribution >= 4 is 5.96 Å². The van der Waals surface area contributed by atoms with Gasteiger partial charge in [0.25, 0.3) is 0 Å². The second-order valence-electron chi connectivity index (χ2n) is 6.64. The van der Waals surface area contributed by atoms with Gasteiger partial charge in [-0.3, -0.25) is 0 Å². The van der Waals surface area contributed by atoms with Gasteiger partial charge in [0, 0.05) is 18.0 Å². The molecule has 0 saturated heterocycles. The molecule has 0 aromatic carbocycles. The number of nitrogens with one attached hydrogen (secondary N) is 2. The highest BCUT2D eigenvalue weighted by molar-refractivity contribution is 5.80. The average molecular weight is 295 g/mol. The minimum atomic E-state index is -0.135. The van der Waals surface area contributed by atoms with Crippen LogP contribution >= 0.6 is 0 Å². The highest BCUT2D eigenvalue weighted by Gasteiger charge is 2.21. The molecular formula is C15H29N5O. The van der Waals surface area contributed by atoms with Crippen LogP contribution in [0, 0.1) is 5.92 Å². The van der Waals surface area contributed by atoms with E-state index in [2.05, 4.69) is 46.5 Å². The van der Waals surface area contributed by atoms with Gasteiger partial charge in [-0.15, -0.1) is 0 Å². The molecule has 0 fully saturated rings. The van der Waals surface area contributed by atoms with Gasteiger partial charge in [-0.05, 0) is 19.8 Å². The molecule has 1 atom stereocenters. The Morgan fingerprint density at radius 1 is 1.29 bits per heavy atom. The molecule has 0 aliphatic rings. The fourth-order valence-electron chi connectivity index (χ4n) is 1.47. The number of aromatic nitrogens is 2. The molecule has 1 aromatic heterocycles. The van der Waals surface area contributed by atoms with Crippen LogP contribution in [0.25, 0.3) is 0 Å². The largest absolute Gasteiger partial charge is 0.357 e. The van der Waals surface area contributed by atoms with Crippen molar-refractivity contribution in [1.29, 1.82) is 0 Å². The van der Waals surface area contributed by atoms with Gasteiger partial charge in [-0.2, -0.15) is 4.98 Å². The Morgan fingerprint density at radius 3 is 2.43 bits per heavy atom. The predicted molar refractivity (Wildman–Crippen MR) is 85.2 cm³/mol. The summed E-state index contributed by atoms with van der Waals surface area (Å²) in [5, 5.41) is 10.6. The van der Waals surface area contributed by atoms with E-state index in [1.807, 2.05) is 27.7 Å². The molecular weight excluding hydrogens is 266 g/mol. The zero-order chi connectivity index (χ0) is 16.0. The van der Waals surface area contributed by atoms with Crippen molar-refractivity contribution in [2.75, 3.05) is 6.54 Å². The first kappa shape index (κ1) is 17.5. The van der Waals surface area contributed by atoms with Crippen LogP contribution in [-0.2, 0) is 12.0 Å². The van der Waals surface area contributed by atoms with Gasteiger partial charge >= 0.3 is 0 Å². The van der Waals surface area contributed by atoms with Crippen LogP contribution in [0.1, 0.15) is 60.2 Å². The molecule has 0 aliphatic carbocycles. The van der Waals surface area contributed by atoms with Crippen LogP contribution in [0.4, 0.5) is 0 Å². The van der Waals surface area contributed by atoms with Crippen LogP contribution in [0.3, 0.4) is 0 Å². The second kappa shape index (κ2) is 7.43. The molecule has 120 valence electrons. The summed E-state index contributed by atoms with van der Waals surface area (Å²) in [6.45, 7) is 15.9. The van der Waals surface area contributed by atoms with Crippen LogP contribution in [-0.4, -0.2) is 28.7 Å². The van der Waals surface area contributed by atoms with E-state index >= 15 is 0 Å². The number of hydrogen-bond donors (Lipinski definition) is 2. The lowest BCUT2D eigenvalue weighted by atomic mass is 9.97. The van der Waals surface area contributed by atoms with E-state index in [0.29, 0.717) is 30.2 Å². The SMILES string of the molecule is CCNC(=NCc1noc(C(C)(C)C)n1)NC(C)C(C)C. The van der Waals surface area contributed by atoms with E-state index in [0.717, 1.165) is 12.5 Å². The van der Waals surface area contributed by atoms with E-state index in [-0.39, 0.29) is 5.41 Å². The second-order valence-corrected chi connectivity index (χ2v) is 6.64. The number of nitrogens with zero attached hydrogens (tertiary/aromatic N) is 3. The molecule has 0 saturated carbocycles. The molecule has 0 bridgehead atoms. The van der Waals surface area contributed by atoms with Crippen molar-refractivity contribution < 1.29 is 4.52 Å². The normalized spacial score (nSPS) is 14.4. The van der Waals surface area contributed by atoms with Crippen molar-refractivity contribution in [1.82, 2.24) is 20.8 Å². The number of guanidine groups is 1. The first-order chi connectivity index (χ1) is 9.74. The Bertz CT molecular complexity index is 459. The Morgan fingerprint density at radius 2 is 1.95 bits per heavy atom. The summed E-state index contributed by atoms with van der Waals surface area (Å²) in [6, 6.07) is 0.346. The summed E-state index contributed by atoms with van der Waals surface area (Å²) >= 11 is 0. The quantitative estimate of drug-likeness (QED) is 0.644. The fraction of sp³-hybridized carbons (Fsp3) is 0.800. The smallest absolute Gasteiger partial charge is 0.232 e. The highest BCUT2D eigenvalue weighted by Crippen LogP contribution is 2.19. The van der Waals surface area contributed by atoms with E-state index in [1.54, 1.807) is 0 Å². The Labute approximate surface area is 127 Å². The standard InChI is InChI=1S/C15H29N5O/c1-8-16-14(18-11(4)10(2)3)17-9-12-19-13(21-20-12)15(5,6)7/h10-11H,8-9H2,1-7H3,(H2,16,17,18). The molecule has 1 unspecified atom stereocenters. The van der Waals surface area contributed by atoms with Crippen LogP contribution < -0.4 is 10.6 Å². The van der Waals surface area contributed by atoms with Crippen molar-refractivity contribution in [3.8, 4) is 0 Å². The molecule has 6 nitrogen and oxygen atoms in total. The number of aliphatic imine (C=N–C) groups is 1.